The largest absolute Gasteiger partial charge is 0.348 e. The highest BCUT2D eigenvalue weighted by atomic mass is 16.6. The normalized spacial score (nSPS) is 12.0. The van der Waals surface area contributed by atoms with Crippen LogP contribution in [-0.4, -0.2) is 20.6 Å². The van der Waals surface area contributed by atoms with E-state index >= 15 is 0 Å². The van der Waals surface area contributed by atoms with Gasteiger partial charge in [0.2, 0.25) is 5.91 Å². The van der Waals surface area contributed by atoms with Crippen molar-refractivity contribution in [2.45, 2.75) is 40.3 Å². The van der Waals surface area contributed by atoms with E-state index in [1.165, 1.54) is 4.68 Å². The molecule has 23 heavy (non-hydrogen) atoms. The van der Waals surface area contributed by atoms with Crippen molar-refractivity contribution >= 4 is 11.6 Å². The molecule has 7 nitrogen and oxygen atoms in total. The standard InChI is InChI=1S/C16H20N4O3/c1-10-5-7-14(8-6-10)11(2)17-15(21)9-19-13(4)16(20(22)23)12(3)18-19/h5-8,11H,9H2,1-4H3,(H,17,21)/t11-/m0/s1. The molecule has 0 aliphatic heterocycles. The number of amides is 1. The lowest BCUT2D eigenvalue weighted by Crippen LogP contribution is -2.30. The number of hydrogen-bond acceptors (Lipinski definition) is 4. The molecule has 0 saturated carbocycles. The summed E-state index contributed by atoms with van der Waals surface area (Å²) < 4.78 is 1.37. The number of carbonyl (C=O) groups excluding carboxylic acids is 1. The number of carbonyl (C=O) groups is 1. The third-order valence-corrected chi connectivity index (χ3v) is 3.77. The van der Waals surface area contributed by atoms with Gasteiger partial charge in [-0.25, -0.2) is 0 Å². The first-order valence-corrected chi connectivity index (χ1v) is 7.34. The zero-order valence-corrected chi connectivity index (χ0v) is 13.7. The molecule has 0 fully saturated rings. The molecule has 0 radical (unpaired) electrons. The zero-order chi connectivity index (χ0) is 17.1. The van der Waals surface area contributed by atoms with Crippen LogP contribution in [0.4, 0.5) is 5.69 Å². The van der Waals surface area contributed by atoms with Crippen LogP contribution in [0, 0.1) is 30.9 Å². The molecule has 0 saturated heterocycles. The molecule has 1 amide bonds. The summed E-state index contributed by atoms with van der Waals surface area (Å²) >= 11 is 0. The molecule has 1 heterocycles. The van der Waals surface area contributed by atoms with E-state index in [0.29, 0.717) is 11.4 Å². The maximum absolute atomic E-state index is 12.2. The minimum Gasteiger partial charge on any atom is -0.348 e. The Bertz CT molecular complexity index is 735. The van der Waals surface area contributed by atoms with Crippen molar-refractivity contribution in [3.63, 3.8) is 0 Å². The molecule has 2 aromatic rings. The Labute approximate surface area is 134 Å². The second-order valence-electron chi connectivity index (χ2n) is 5.63. The van der Waals surface area contributed by atoms with Crippen LogP contribution in [0.2, 0.25) is 0 Å². The average molecular weight is 316 g/mol. The van der Waals surface area contributed by atoms with E-state index in [1.807, 2.05) is 38.1 Å². The van der Waals surface area contributed by atoms with Crippen molar-refractivity contribution in [3.8, 4) is 0 Å². The molecule has 1 aromatic carbocycles. The summed E-state index contributed by atoms with van der Waals surface area (Å²) in [6, 6.07) is 7.77. The van der Waals surface area contributed by atoms with Gasteiger partial charge in [-0.15, -0.1) is 0 Å². The summed E-state index contributed by atoms with van der Waals surface area (Å²) in [6.45, 7) is 7.01. The number of rotatable bonds is 5. The fourth-order valence-electron chi connectivity index (χ4n) is 2.47. The summed E-state index contributed by atoms with van der Waals surface area (Å²) in [5, 5.41) is 17.9. The van der Waals surface area contributed by atoms with Gasteiger partial charge in [0.1, 0.15) is 17.9 Å². The third-order valence-electron chi connectivity index (χ3n) is 3.77. The van der Waals surface area contributed by atoms with Gasteiger partial charge in [0.25, 0.3) is 0 Å². The molecular weight excluding hydrogens is 296 g/mol. The van der Waals surface area contributed by atoms with Crippen molar-refractivity contribution in [2.24, 2.45) is 0 Å². The molecule has 0 bridgehead atoms. The maximum Gasteiger partial charge on any atom is 0.312 e. The molecule has 7 heteroatoms. The molecule has 0 spiro atoms. The summed E-state index contributed by atoms with van der Waals surface area (Å²) in [5.74, 6) is -0.237. The minimum atomic E-state index is -0.471. The van der Waals surface area contributed by atoms with Crippen LogP contribution in [-0.2, 0) is 11.3 Å². The van der Waals surface area contributed by atoms with Crippen LogP contribution in [0.1, 0.15) is 35.5 Å². The first-order chi connectivity index (χ1) is 10.8. The average Bonchev–Trinajstić information content (AvgIpc) is 2.73. The molecule has 0 unspecified atom stereocenters. The van der Waals surface area contributed by atoms with Crippen molar-refractivity contribution in [3.05, 3.63) is 56.9 Å². The molecule has 1 aromatic heterocycles. The summed E-state index contributed by atoms with van der Waals surface area (Å²) in [4.78, 5) is 22.7. The monoisotopic (exact) mass is 316 g/mol. The quantitative estimate of drug-likeness (QED) is 0.678. The van der Waals surface area contributed by atoms with Gasteiger partial charge < -0.3 is 5.32 Å². The molecule has 0 aliphatic carbocycles. The number of hydrogen-bond donors (Lipinski definition) is 1. The van der Waals surface area contributed by atoms with Crippen molar-refractivity contribution in [1.82, 2.24) is 15.1 Å². The molecule has 1 N–H and O–H groups in total. The van der Waals surface area contributed by atoms with Gasteiger partial charge in [-0.1, -0.05) is 29.8 Å². The number of nitro groups is 1. The number of aromatic nitrogens is 2. The van der Waals surface area contributed by atoms with Gasteiger partial charge in [0.15, 0.2) is 0 Å². The second-order valence-corrected chi connectivity index (χ2v) is 5.63. The lowest BCUT2D eigenvalue weighted by atomic mass is 10.1. The second kappa shape index (κ2) is 6.60. The van der Waals surface area contributed by atoms with Gasteiger partial charge in [0.05, 0.1) is 11.0 Å². The Morgan fingerprint density at radius 1 is 1.30 bits per heavy atom. The Balaban J connectivity index is 2.06. The van der Waals surface area contributed by atoms with Gasteiger partial charge in [-0.2, -0.15) is 5.10 Å². The van der Waals surface area contributed by atoms with E-state index < -0.39 is 4.92 Å². The van der Waals surface area contributed by atoms with Crippen molar-refractivity contribution in [2.75, 3.05) is 0 Å². The predicted octanol–water partition coefficient (Wildman–Crippen LogP) is 2.59. The SMILES string of the molecule is Cc1ccc([C@H](C)NC(=O)Cn2nc(C)c([N+](=O)[O-])c2C)cc1. The van der Waals surface area contributed by atoms with Crippen molar-refractivity contribution < 1.29 is 9.72 Å². The highest BCUT2D eigenvalue weighted by molar-refractivity contribution is 5.76. The maximum atomic E-state index is 12.2. The molecule has 0 aliphatic rings. The van der Waals surface area contributed by atoms with E-state index in [-0.39, 0.29) is 24.2 Å². The summed E-state index contributed by atoms with van der Waals surface area (Å²) in [6.07, 6.45) is 0. The Kier molecular flexibility index (Phi) is 4.78. The fourth-order valence-corrected chi connectivity index (χ4v) is 2.47. The van der Waals surface area contributed by atoms with Crippen molar-refractivity contribution in [1.29, 1.82) is 0 Å². The number of nitrogens with one attached hydrogen (secondary N) is 1. The third kappa shape index (κ3) is 3.74. The van der Waals surface area contributed by atoms with E-state index in [9.17, 15) is 14.9 Å². The summed E-state index contributed by atoms with van der Waals surface area (Å²) in [7, 11) is 0. The first-order valence-electron chi connectivity index (χ1n) is 7.34. The highest BCUT2D eigenvalue weighted by Gasteiger charge is 2.23. The Morgan fingerprint density at radius 2 is 1.91 bits per heavy atom. The van der Waals surface area contributed by atoms with Gasteiger partial charge in [-0.3, -0.25) is 19.6 Å². The zero-order valence-electron chi connectivity index (χ0n) is 13.7. The Morgan fingerprint density at radius 3 is 2.43 bits per heavy atom. The fraction of sp³-hybridized carbons (Fsp3) is 0.375. The molecule has 1 atom stereocenters. The first kappa shape index (κ1) is 16.7. The number of benzene rings is 1. The Hall–Kier alpha value is -2.70. The van der Waals surface area contributed by atoms with Crippen LogP contribution < -0.4 is 5.32 Å². The van der Waals surface area contributed by atoms with Gasteiger partial charge >= 0.3 is 5.69 Å². The van der Waals surface area contributed by atoms with Crippen LogP contribution in [0.3, 0.4) is 0 Å². The lowest BCUT2D eigenvalue weighted by Gasteiger charge is -2.15. The molecule has 2 rings (SSSR count). The van der Waals surface area contributed by atoms with Gasteiger partial charge in [0, 0.05) is 0 Å². The van der Waals surface area contributed by atoms with Crippen LogP contribution in [0.25, 0.3) is 0 Å². The van der Waals surface area contributed by atoms with Gasteiger partial charge in [-0.05, 0) is 33.3 Å². The van der Waals surface area contributed by atoms with E-state index in [2.05, 4.69) is 10.4 Å². The van der Waals surface area contributed by atoms with Crippen LogP contribution in [0.5, 0.6) is 0 Å². The van der Waals surface area contributed by atoms with Crippen LogP contribution in [0.15, 0.2) is 24.3 Å². The minimum absolute atomic E-state index is 0.0376. The lowest BCUT2D eigenvalue weighted by molar-refractivity contribution is -0.386. The molecule has 122 valence electrons. The van der Waals surface area contributed by atoms with Crippen LogP contribution >= 0.6 is 0 Å². The number of nitrogens with zero attached hydrogens (tertiary/aromatic N) is 3. The smallest absolute Gasteiger partial charge is 0.312 e. The van der Waals surface area contributed by atoms with E-state index in [4.69, 9.17) is 0 Å². The molecular formula is C16H20N4O3. The van der Waals surface area contributed by atoms with E-state index in [1.54, 1.807) is 13.8 Å². The topological polar surface area (TPSA) is 90.1 Å². The van der Waals surface area contributed by atoms with E-state index in [0.717, 1.165) is 11.1 Å². The number of aryl methyl sites for hydroxylation is 2. The summed E-state index contributed by atoms with van der Waals surface area (Å²) in [5.41, 5.74) is 2.81. The highest BCUT2D eigenvalue weighted by Crippen LogP contribution is 2.21. The predicted molar refractivity (Wildman–Crippen MR) is 86.1 cm³/mol.